The van der Waals surface area contributed by atoms with Crippen molar-refractivity contribution in [2.45, 2.75) is 27.7 Å². The van der Waals surface area contributed by atoms with Crippen molar-refractivity contribution < 1.29 is 4.74 Å². The van der Waals surface area contributed by atoms with E-state index >= 15 is 0 Å². The van der Waals surface area contributed by atoms with Gasteiger partial charge in [0.2, 0.25) is 0 Å². The second kappa shape index (κ2) is 10.8. The van der Waals surface area contributed by atoms with Crippen LogP contribution < -0.4 is 15.4 Å². The van der Waals surface area contributed by atoms with Gasteiger partial charge in [0.1, 0.15) is 12.4 Å². The van der Waals surface area contributed by atoms with Crippen molar-refractivity contribution >= 4 is 29.9 Å². The molecule has 0 atom stereocenters. The fraction of sp³-hybridized carbons (Fsp3) is 0.533. The number of aryl methyl sites for hydroxylation is 2. The number of ether oxygens (including phenoxy) is 1. The van der Waals surface area contributed by atoms with E-state index in [1.54, 1.807) is 0 Å². The summed E-state index contributed by atoms with van der Waals surface area (Å²) >= 11 is 0. The van der Waals surface area contributed by atoms with Crippen molar-refractivity contribution in [3.63, 3.8) is 0 Å². The number of nitrogens with zero attached hydrogens (tertiary/aromatic N) is 1. The number of benzene rings is 1. The number of hydrogen-bond donors (Lipinski definition) is 2. The summed E-state index contributed by atoms with van der Waals surface area (Å²) in [6, 6.07) is 6.23. The molecule has 0 radical (unpaired) electrons. The third-order valence-electron chi connectivity index (χ3n) is 2.51. The minimum atomic E-state index is 0. The van der Waals surface area contributed by atoms with E-state index in [0.29, 0.717) is 13.2 Å². The van der Waals surface area contributed by atoms with E-state index in [9.17, 15) is 0 Å². The average molecular weight is 391 g/mol. The van der Waals surface area contributed by atoms with Crippen molar-refractivity contribution in [3.8, 4) is 5.75 Å². The van der Waals surface area contributed by atoms with E-state index in [-0.39, 0.29) is 24.0 Å². The van der Waals surface area contributed by atoms with Crippen molar-refractivity contribution in [1.82, 2.24) is 10.6 Å². The van der Waals surface area contributed by atoms with Gasteiger partial charge in [0.25, 0.3) is 0 Å². The molecule has 20 heavy (non-hydrogen) atoms. The number of hydrogen-bond acceptors (Lipinski definition) is 2. The van der Waals surface area contributed by atoms with E-state index < -0.39 is 0 Å². The lowest BCUT2D eigenvalue weighted by molar-refractivity contribution is 0.328. The van der Waals surface area contributed by atoms with Crippen molar-refractivity contribution in [3.05, 3.63) is 29.3 Å². The summed E-state index contributed by atoms with van der Waals surface area (Å²) in [7, 11) is 0. The Hall–Kier alpha value is -0.980. The third kappa shape index (κ3) is 7.57. The highest BCUT2D eigenvalue weighted by atomic mass is 127. The summed E-state index contributed by atoms with van der Waals surface area (Å²) in [5, 5.41) is 6.37. The molecule has 2 N–H and O–H groups in total. The van der Waals surface area contributed by atoms with Gasteiger partial charge in [-0.3, -0.25) is 0 Å². The molecule has 0 amide bonds. The number of nitrogens with one attached hydrogen (secondary N) is 2. The maximum Gasteiger partial charge on any atom is 0.191 e. The first-order valence-corrected chi connectivity index (χ1v) is 6.89. The molecule has 0 aromatic heterocycles. The number of aliphatic imine (C=N–C) groups is 1. The molecule has 1 rings (SSSR count). The largest absolute Gasteiger partial charge is 0.492 e. The van der Waals surface area contributed by atoms with Crippen LogP contribution in [0.25, 0.3) is 0 Å². The first-order valence-electron chi connectivity index (χ1n) is 6.89. The molecule has 0 fully saturated rings. The van der Waals surface area contributed by atoms with Crippen LogP contribution in [0, 0.1) is 13.8 Å². The van der Waals surface area contributed by atoms with E-state index in [4.69, 9.17) is 4.74 Å². The van der Waals surface area contributed by atoms with Crippen LogP contribution in [-0.4, -0.2) is 32.2 Å². The highest BCUT2D eigenvalue weighted by Gasteiger charge is 1.97. The Morgan fingerprint density at radius 2 is 1.60 bits per heavy atom. The summed E-state index contributed by atoms with van der Waals surface area (Å²) in [6.45, 7) is 11.2. The highest BCUT2D eigenvalue weighted by molar-refractivity contribution is 14.0. The average Bonchev–Trinajstić information content (AvgIpc) is 2.34. The molecule has 0 saturated heterocycles. The molecule has 0 aliphatic rings. The smallest absolute Gasteiger partial charge is 0.191 e. The number of guanidine groups is 1. The van der Waals surface area contributed by atoms with Gasteiger partial charge in [-0.25, -0.2) is 4.99 Å². The van der Waals surface area contributed by atoms with Crippen LogP contribution >= 0.6 is 24.0 Å². The molecular formula is C15H26IN3O. The standard InChI is InChI=1S/C15H25N3O.HI/c1-5-16-15(17-6-2)18-7-8-19-14-10-12(3)9-13(4)11-14;/h9-11H,5-8H2,1-4H3,(H2,16,17,18);1H. The molecule has 5 heteroatoms. The van der Waals surface area contributed by atoms with Crippen LogP contribution in [0.3, 0.4) is 0 Å². The lowest BCUT2D eigenvalue weighted by Gasteiger charge is -2.10. The van der Waals surface area contributed by atoms with Gasteiger partial charge in [0.05, 0.1) is 6.54 Å². The van der Waals surface area contributed by atoms with Crippen LogP contribution in [0.1, 0.15) is 25.0 Å². The maximum absolute atomic E-state index is 5.71. The van der Waals surface area contributed by atoms with Crippen molar-refractivity contribution in [2.75, 3.05) is 26.2 Å². The second-order valence-electron chi connectivity index (χ2n) is 4.46. The maximum atomic E-state index is 5.71. The number of halogens is 1. The lowest BCUT2D eigenvalue weighted by atomic mass is 10.1. The van der Waals surface area contributed by atoms with Crippen molar-refractivity contribution in [1.29, 1.82) is 0 Å². The molecule has 0 aliphatic heterocycles. The molecular weight excluding hydrogens is 365 g/mol. The molecule has 0 spiro atoms. The molecule has 1 aromatic rings. The Bertz CT molecular complexity index is 393. The summed E-state index contributed by atoms with van der Waals surface area (Å²) < 4.78 is 5.71. The fourth-order valence-corrected chi connectivity index (χ4v) is 1.85. The van der Waals surface area contributed by atoms with Crippen molar-refractivity contribution in [2.24, 2.45) is 4.99 Å². The topological polar surface area (TPSA) is 45.7 Å². The molecule has 0 aliphatic carbocycles. The quantitative estimate of drug-likeness (QED) is 0.339. The summed E-state index contributed by atoms with van der Waals surface area (Å²) in [5.41, 5.74) is 2.44. The van der Waals surface area contributed by atoms with E-state index in [0.717, 1.165) is 24.8 Å². The minimum Gasteiger partial charge on any atom is -0.492 e. The fourth-order valence-electron chi connectivity index (χ4n) is 1.85. The van der Waals surface area contributed by atoms with Crippen LogP contribution in [-0.2, 0) is 0 Å². The van der Waals surface area contributed by atoms with Crippen LogP contribution in [0.15, 0.2) is 23.2 Å². The highest BCUT2D eigenvalue weighted by Crippen LogP contribution is 2.15. The lowest BCUT2D eigenvalue weighted by Crippen LogP contribution is -2.37. The van der Waals surface area contributed by atoms with E-state index in [2.05, 4.69) is 49.4 Å². The Kier molecular flexibility index (Phi) is 10.2. The van der Waals surface area contributed by atoms with Gasteiger partial charge < -0.3 is 15.4 Å². The summed E-state index contributed by atoms with van der Waals surface area (Å²) in [5.74, 6) is 1.76. The number of rotatable bonds is 6. The van der Waals surface area contributed by atoms with Gasteiger partial charge in [-0.1, -0.05) is 6.07 Å². The summed E-state index contributed by atoms with van der Waals surface area (Å²) in [6.07, 6.45) is 0. The SMILES string of the molecule is CCNC(=NCCOc1cc(C)cc(C)c1)NCC.I. The zero-order valence-electron chi connectivity index (χ0n) is 12.8. The van der Waals surface area contributed by atoms with Gasteiger partial charge in [0.15, 0.2) is 5.96 Å². The molecule has 114 valence electrons. The van der Waals surface area contributed by atoms with Crippen LogP contribution in [0.5, 0.6) is 5.75 Å². The van der Waals surface area contributed by atoms with E-state index in [1.807, 2.05) is 12.1 Å². The Balaban J connectivity index is 0.00000361. The Morgan fingerprint density at radius 1 is 1.05 bits per heavy atom. The van der Waals surface area contributed by atoms with Gasteiger partial charge in [-0.15, -0.1) is 24.0 Å². The minimum absolute atomic E-state index is 0. The molecule has 0 saturated carbocycles. The molecule has 0 heterocycles. The third-order valence-corrected chi connectivity index (χ3v) is 2.51. The van der Waals surface area contributed by atoms with Gasteiger partial charge >= 0.3 is 0 Å². The van der Waals surface area contributed by atoms with E-state index in [1.165, 1.54) is 11.1 Å². The van der Waals surface area contributed by atoms with Gasteiger partial charge in [0, 0.05) is 13.1 Å². The van der Waals surface area contributed by atoms with Crippen LogP contribution in [0.4, 0.5) is 0 Å². The Labute approximate surface area is 139 Å². The molecule has 0 unspecified atom stereocenters. The molecule has 1 aromatic carbocycles. The zero-order chi connectivity index (χ0) is 14.1. The first-order chi connectivity index (χ1) is 9.15. The van der Waals surface area contributed by atoms with Crippen LogP contribution in [0.2, 0.25) is 0 Å². The zero-order valence-corrected chi connectivity index (χ0v) is 15.2. The predicted octanol–water partition coefficient (Wildman–Crippen LogP) is 2.88. The van der Waals surface area contributed by atoms with Gasteiger partial charge in [-0.05, 0) is 51.0 Å². The normalized spacial score (nSPS) is 9.40. The van der Waals surface area contributed by atoms with Gasteiger partial charge in [-0.2, -0.15) is 0 Å². The Morgan fingerprint density at radius 3 is 2.10 bits per heavy atom. The monoisotopic (exact) mass is 391 g/mol. The molecule has 4 nitrogen and oxygen atoms in total. The molecule has 0 bridgehead atoms. The first kappa shape index (κ1) is 19.0. The second-order valence-corrected chi connectivity index (χ2v) is 4.46. The predicted molar refractivity (Wildman–Crippen MR) is 96.5 cm³/mol. The summed E-state index contributed by atoms with van der Waals surface area (Å²) in [4.78, 5) is 4.43.